The van der Waals surface area contributed by atoms with E-state index in [-0.39, 0.29) is 21.4 Å². The molecule has 0 saturated carbocycles. The van der Waals surface area contributed by atoms with Crippen molar-refractivity contribution in [2.75, 3.05) is 0 Å². The van der Waals surface area contributed by atoms with Gasteiger partial charge in [-0.25, -0.2) is 8.42 Å². The van der Waals surface area contributed by atoms with Crippen molar-refractivity contribution in [3.8, 4) is 5.75 Å². The number of hydroxylamine groups is 1. The molecule has 5 nitrogen and oxygen atoms in total. The Balaban J connectivity index is 2.32. The molecular weight excluding hydrogens is 340 g/mol. The van der Waals surface area contributed by atoms with E-state index in [2.05, 4.69) is 10.2 Å². The normalized spacial score (nSPS) is 17.3. The number of benzene rings is 1. The van der Waals surface area contributed by atoms with Crippen molar-refractivity contribution in [1.82, 2.24) is 5.48 Å². The zero-order valence-electron chi connectivity index (χ0n) is 11.8. The summed E-state index contributed by atoms with van der Waals surface area (Å²) >= 11 is 5.79. The van der Waals surface area contributed by atoms with E-state index in [4.69, 9.17) is 16.4 Å². The van der Waals surface area contributed by atoms with Gasteiger partial charge in [-0.15, -0.1) is 0 Å². The van der Waals surface area contributed by atoms with Gasteiger partial charge in [-0.1, -0.05) is 11.6 Å². The first-order valence-electron chi connectivity index (χ1n) is 6.22. The highest BCUT2D eigenvalue weighted by molar-refractivity contribution is 7.94. The number of ether oxygens (including phenoxy) is 1. The predicted molar refractivity (Wildman–Crippen MR) is 77.1 cm³/mol. The molecule has 1 N–H and O–H groups in total. The van der Waals surface area contributed by atoms with Crippen LogP contribution in [0.25, 0.3) is 0 Å². The molecule has 1 heterocycles. The van der Waals surface area contributed by atoms with E-state index in [0.29, 0.717) is 0 Å². The van der Waals surface area contributed by atoms with Crippen LogP contribution in [0.4, 0.5) is 8.78 Å². The zero-order valence-corrected chi connectivity index (χ0v) is 13.3. The van der Waals surface area contributed by atoms with Crippen molar-refractivity contribution in [2.45, 2.75) is 31.8 Å². The van der Waals surface area contributed by atoms with Gasteiger partial charge in [0.15, 0.2) is 14.9 Å². The molecule has 0 bridgehead atoms. The standard InChI is InChI=1S/C13H14ClF2NO4S/c1-13(2)6-11(17-21-13)22(18,19)7-8-5-9(14)3-4-10(8)20-12(15)16/h3-6,12,17H,7H2,1-2H3. The lowest BCUT2D eigenvalue weighted by Gasteiger charge is -2.12. The highest BCUT2D eigenvalue weighted by Gasteiger charge is 2.32. The maximum Gasteiger partial charge on any atom is 0.387 e. The second-order valence-electron chi connectivity index (χ2n) is 5.21. The molecule has 122 valence electrons. The number of hydrogen-bond acceptors (Lipinski definition) is 5. The summed E-state index contributed by atoms with van der Waals surface area (Å²) in [6.07, 6.45) is 1.40. The Morgan fingerprint density at radius 1 is 1.41 bits per heavy atom. The molecule has 0 atom stereocenters. The summed E-state index contributed by atoms with van der Waals surface area (Å²) in [5, 5.41) is 0.0947. The highest BCUT2D eigenvalue weighted by Crippen LogP contribution is 2.29. The van der Waals surface area contributed by atoms with E-state index < -0.39 is 27.8 Å². The number of rotatable bonds is 5. The van der Waals surface area contributed by atoms with Crippen LogP contribution in [0.1, 0.15) is 19.4 Å². The van der Waals surface area contributed by atoms with Crippen molar-refractivity contribution in [2.24, 2.45) is 0 Å². The van der Waals surface area contributed by atoms with Crippen LogP contribution >= 0.6 is 11.6 Å². The van der Waals surface area contributed by atoms with Gasteiger partial charge in [-0.3, -0.25) is 10.3 Å². The van der Waals surface area contributed by atoms with Crippen LogP contribution in [0.5, 0.6) is 5.75 Å². The Morgan fingerprint density at radius 2 is 2.09 bits per heavy atom. The molecular formula is C13H14ClF2NO4S. The van der Waals surface area contributed by atoms with Crippen molar-refractivity contribution >= 4 is 21.4 Å². The lowest BCUT2D eigenvalue weighted by molar-refractivity contribution is -0.0503. The van der Waals surface area contributed by atoms with Crippen LogP contribution in [0.2, 0.25) is 5.02 Å². The Bertz CT molecular complexity index is 704. The van der Waals surface area contributed by atoms with E-state index in [1.807, 2.05) is 0 Å². The molecule has 0 aliphatic carbocycles. The SMILES string of the molecule is CC1(C)C=C(S(=O)(=O)Cc2cc(Cl)ccc2OC(F)F)NO1. The fraction of sp³-hybridized carbons (Fsp3) is 0.385. The van der Waals surface area contributed by atoms with Gasteiger partial charge in [0.25, 0.3) is 0 Å². The minimum atomic E-state index is -3.82. The van der Waals surface area contributed by atoms with Crippen molar-refractivity contribution in [1.29, 1.82) is 0 Å². The largest absolute Gasteiger partial charge is 0.435 e. The average Bonchev–Trinajstić information content (AvgIpc) is 2.73. The van der Waals surface area contributed by atoms with E-state index >= 15 is 0 Å². The topological polar surface area (TPSA) is 64.6 Å². The second kappa shape index (κ2) is 6.02. The molecule has 1 aromatic carbocycles. The van der Waals surface area contributed by atoms with Gasteiger partial charge in [-0.2, -0.15) is 8.78 Å². The Hall–Kier alpha value is -1.38. The van der Waals surface area contributed by atoms with Gasteiger partial charge in [0.1, 0.15) is 11.4 Å². The molecule has 1 aromatic rings. The van der Waals surface area contributed by atoms with Gasteiger partial charge in [0, 0.05) is 10.6 Å². The number of nitrogens with one attached hydrogen (secondary N) is 1. The molecule has 9 heteroatoms. The van der Waals surface area contributed by atoms with Crippen LogP contribution in [0.3, 0.4) is 0 Å². The fourth-order valence-electron chi connectivity index (χ4n) is 1.86. The molecule has 0 spiro atoms. The molecule has 0 saturated heterocycles. The summed E-state index contributed by atoms with van der Waals surface area (Å²) in [4.78, 5) is 5.10. The minimum Gasteiger partial charge on any atom is -0.435 e. The molecule has 2 rings (SSSR count). The van der Waals surface area contributed by atoms with Gasteiger partial charge in [0.2, 0.25) is 0 Å². The zero-order chi connectivity index (χ0) is 16.5. The lowest BCUT2D eigenvalue weighted by atomic mass is 10.1. The third-order valence-corrected chi connectivity index (χ3v) is 4.61. The number of halogens is 3. The maximum atomic E-state index is 12.4. The third kappa shape index (κ3) is 4.08. The molecule has 0 unspecified atom stereocenters. The van der Waals surface area contributed by atoms with Crippen LogP contribution in [-0.2, 0) is 20.4 Å². The molecule has 0 aromatic heterocycles. The Labute approximate surface area is 131 Å². The summed E-state index contributed by atoms with van der Waals surface area (Å²) < 4.78 is 53.8. The summed E-state index contributed by atoms with van der Waals surface area (Å²) in [5.41, 5.74) is 1.60. The average molecular weight is 354 g/mol. The second-order valence-corrected chi connectivity index (χ2v) is 7.60. The smallest absolute Gasteiger partial charge is 0.387 e. The summed E-state index contributed by atoms with van der Waals surface area (Å²) in [6.45, 7) is 0.286. The van der Waals surface area contributed by atoms with Gasteiger partial charge in [0.05, 0.1) is 5.75 Å². The summed E-state index contributed by atoms with van der Waals surface area (Å²) in [7, 11) is -3.82. The molecule has 0 fully saturated rings. The first-order chi connectivity index (χ1) is 10.1. The van der Waals surface area contributed by atoms with E-state index in [9.17, 15) is 17.2 Å². The fourth-order valence-corrected chi connectivity index (χ4v) is 3.48. The van der Waals surface area contributed by atoms with E-state index in [0.717, 1.165) is 0 Å². The summed E-state index contributed by atoms with van der Waals surface area (Å²) in [5.74, 6) is -0.782. The quantitative estimate of drug-likeness (QED) is 0.881. The van der Waals surface area contributed by atoms with Crippen LogP contribution in [-0.4, -0.2) is 20.6 Å². The van der Waals surface area contributed by atoms with Gasteiger partial charge < -0.3 is 4.74 Å². The van der Waals surface area contributed by atoms with Crippen molar-refractivity contribution < 1.29 is 26.8 Å². The first kappa shape index (κ1) is 17.0. The number of hydrogen-bond donors (Lipinski definition) is 1. The monoisotopic (exact) mass is 353 g/mol. The predicted octanol–water partition coefficient (Wildman–Crippen LogP) is 3.01. The Kier molecular flexibility index (Phi) is 4.65. The van der Waals surface area contributed by atoms with E-state index in [1.54, 1.807) is 13.8 Å². The third-order valence-electron chi connectivity index (χ3n) is 2.81. The molecule has 22 heavy (non-hydrogen) atoms. The molecule has 1 aliphatic rings. The number of alkyl halides is 2. The van der Waals surface area contributed by atoms with E-state index in [1.165, 1.54) is 24.3 Å². The van der Waals surface area contributed by atoms with Gasteiger partial charge >= 0.3 is 6.61 Å². The van der Waals surface area contributed by atoms with Gasteiger partial charge in [-0.05, 0) is 38.1 Å². The van der Waals surface area contributed by atoms with Crippen LogP contribution in [0, 0.1) is 0 Å². The Morgan fingerprint density at radius 3 is 2.64 bits per heavy atom. The first-order valence-corrected chi connectivity index (χ1v) is 8.25. The lowest BCUT2D eigenvalue weighted by Crippen LogP contribution is -2.22. The van der Waals surface area contributed by atoms with Crippen molar-refractivity contribution in [3.63, 3.8) is 0 Å². The van der Waals surface area contributed by atoms with Crippen molar-refractivity contribution in [3.05, 3.63) is 39.9 Å². The molecule has 1 aliphatic heterocycles. The van der Waals surface area contributed by atoms with Crippen LogP contribution in [0.15, 0.2) is 29.3 Å². The molecule has 0 radical (unpaired) electrons. The maximum absolute atomic E-state index is 12.4. The molecule has 0 amide bonds. The minimum absolute atomic E-state index is 0.0419. The van der Waals surface area contributed by atoms with Crippen LogP contribution < -0.4 is 10.2 Å². The number of sulfone groups is 1. The highest BCUT2D eigenvalue weighted by atomic mass is 35.5. The summed E-state index contributed by atoms with van der Waals surface area (Å²) in [6, 6.07) is 3.82.